The maximum absolute atomic E-state index is 10.9. The Labute approximate surface area is 246 Å². The molecule has 0 saturated heterocycles. The van der Waals surface area contributed by atoms with Crippen LogP contribution in [0.4, 0.5) is 0 Å². The molecule has 0 spiro atoms. The molecule has 0 aliphatic rings. The van der Waals surface area contributed by atoms with Gasteiger partial charge in [-0.05, 0) is 45.0 Å². The fourth-order valence-corrected chi connectivity index (χ4v) is 3.11. The van der Waals surface area contributed by atoms with Crippen molar-refractivity contribution in [1.82, 2.24) is 0 Å². The summed E-state index contributed by atoms with van der Waals surface area (Å²) in [5.41, 5.74) is 1.87. The largest absolute Gasteiger partial charge is 0.507 e. The maximum Gasteiger partial charge on any atom is 0.308 e. The Kier molecular flexibility index (Phi) is 15.7. The molecule has 220 valence electrons. The molecule has 0 unspecified atom stereocenters. The summed E-state index contributed by atoms with van der Waals surface area (Å²) in [5, 5.41) is 9.29. The number of benzene rings is 4. The number of Topliss-reactive ketones (excluding diaryl/α,β-unsaturated/α-hetero) is 3. The molecule has 0 atom stereocenters. The molecule has 0 aliphatic carbocycles. The van der Waals surface area contributed by atoms with Crippen molar-refractivity contribution in [3.63, 3.8) is 0 Å². The molecule has 0 bridgehead atoms. The Morgan fingerprint density at radius 2 is 0.976 bits per heavy atom. The minimum atomic E-state index is -0.330. The van der Waals surface area contributed by atoms with Gasteiger partial charge in [0, 0.05) is 30.2 Å². The van der Waals surface area contributed by atoms with E-state index >= 15 is 0 Å². The Morgan fingerprint density at radius 3 is 1.33 bits per heavy atom. The maximum atomic E-state index is 10.9. The van der Waals surface area contributed by atoms with Crippen LogP contribution in [0.15, 0.2) is 103 Å². The number of carbonyl (C=O) groups excluding carboxylic acids is 4. The number of phenols is 1. The summed E-state index contributed by atoms with van der Waals surface area (Å²) in [4.78, 5) is 42.7. The lowest BCUT2D eigenvalue weighted by Crippen LogP contribution is -2.01. The highest BCUT2D eigenvalue weighted by Crippen LogP contribution is 2.23. The number of hydrogen-bond donors (Lipinski definition) is 1. The molecular weight excluding hydrogens is 536 g/mol. The first kappa shape index (κ1) is 34.8. The van der Waals surface area contributed by atoms with Crippen LogP contribution in [0.1, 0.15) is 58.8 Å². The number of esters is 1. The zero-order valence-electron chi connectivity index (χ0n) is 24.6. The van der Waals surface area contributed by atoms with Crippen molar-refractivity contribution in [3.8, 4) is 23.0 Å². The number of hydrogen-bond acceptors (Lipinski definition) is 8. The molecule has 0 aliphatic heterocycles. The number of phenolic OH excluding ortho intramolecular Hbond substituents is 1. The second-order valence-electron chi connectivity index (χ2n) is 8.56. The fourth-order valence-electron chi connectivity index (χ4n) is 3.11. The number of methoxy groups -OCH3 is 2. The molecule has 0 heterocycles. The van der Waals surface area contributed by atoms with Crippen LogP contribution in [0.2, 0.25) is 0 Å². The van der Waals surface area contributed by atoms with Crippen LogP contribution in [-0.4, -0.2) is 42.6 Å². The molecule has 0 amide bonds. The third kappa shape index (κ3) is 13.7. The van der Waals surface area contributed by atoms with Gasteiger partial charge in [0.2, 0.25) is 0 Å². The van der Waals surface area contributed by atoms with Gasteiger partial charge < -0.3 is 19.3 Å². The van der Waals surface area contributed by atoms with E-state index in [-0.39, 0.29) is 29.1 Å². The van der Waals surface area contributed by atoms with Crippen LogP contribution in [0.3, 0.4) is 0 Å². The van der Waals surface area contributed by atoms with Crippen molar-refractivity contribution in [2.24, 2.45) is 0 Å². The van der Waals surface area contributed by atoms with E-state index in [0.29, 0.717) is 22.8 Å². The SMILES string of the molecule is CC(=O)c1ccccc1.CC(=O)c1ccccc1.COc1ccc(C(C)=O)c(O)c1.COc1cccc(OC(C)=O)c1. The summed E-state index contributed by atoms with van der Waals surface area (Å²) < 4.78 is 14.6. The number of aromatic hydroxyl groups is 1. The van der Waals surface area contributed by atoms with Crippen molar-refractivity contribution in [1.29, 1.82) is 0 Å². The predicted molar refractivity (Wildman–Crippen MR) is 162 cm³/mol. The molecule has 4 aromatic rings. The second-order valence-corrected chi connectivity index (χ2v) is 8.56. The molecule has 0 radical (unpaired) electrons. The molecule has 1 N–H and O–H groups in total. The minimum Gasteiger partial charge on any atom is -0.507 e. The first-order valence-corrected chi connectivity index (χ1v) is 12.8. The Balaban J connectivity index is 0.000000283. The van der Waals surface area contributed by atoms with E-state index in [1.807, 2.05) is 60.7 Å². The topological polar surface area (TPSA) is 116 Å². The summed E-state index contributed by atoms with van der Waals surface area (Å²) in [6, 6.07) is 29.9. The van der Waals surface area contributed by atoms with Crippen molar-refractivity contribution in [2.45, 2.75) is 27.7 Å². The quantitative estimate of drug-likeness (QED) is 0.149. The second kappa shape index (κ2) is 18.9. The molecule has 8 heteroatoms. The van der Waals surface area contributed by atoms with Crippen molar-refractivity contribution >= 4 is 23.3 Å². The first-order valence-electron chi connectivity index (χ1n) is 12.8. The average Bonchev–Trinajstić information content (AvgIpc) is 2.98. The van der Waals surface area contributed by atoms with Gasteiger partial charge in [0.1, 0.15) is 23.0 Å². The Hall–Kier alpha value is -5.24. The summed E-state index contributed by atoms with van der Waals surface area (Å²) in [6.45, 7) is 5.89. The number of rotatable bonds is 6. The molecule has 42 heavy (non-hydrogen) atoms. The summed E-state index contributed by atoms with van der Waals surface area (Å²) in [6.07, 6.45) is 0. The number of ether oxygens (including phenoxy) is 3. The van der Waals surface area contributed by atoms with E-state index in [9.17, 15) is 24.3 Å². The van der Waals surface area contributed by atoms with Gasteiger partial charge >= 0.3 is 5.97 Å². The van der Waals surface area contributed by atoms with Gasteiger partial charge in [0.05, 0.1) is 19.8 Å². The van der Waals surface area contributed by atoms with Gasteiger partial charge in [-0.1, -0.05) is 66.7 Å². The van der Waals surface area contributed by atoms with E-state index in [4.69, 9.17) is 14.2 Å². The highest BCUT2D eigenvalue weighted by atomic mass is 16.5. The van der Waals surface area contributed by atoms with Crippen LogP contribution in [0.5, 0.6) is 23.0 Å². The van der Waals surface area contributed by atoms with E-state index in [1.54, 1.807) is 51.3 Å². The monoisotopic (exact) mass is 572 g/mol. The van der Waals surface area contributed by atoms with Crippen LogP contribution >= 0.6 is 0 Å². The van der Waals surface area contributed by atoms with Crippen molar-refractivity contribution in [3.05, 3.63) is 120 Å². The molecular formula is C34H36O8. The third-order valence-corrected chi connectivity index (χ3v) is 5.25. The van der Waals surface area contributed by atoms with E-state index in [1.165, 1.54) is 33.1 Å². The summed E-state index contributed by atoms with van der Waals surface area (Å²) in [7, 11) is 3.06. The van der Waals surface area contributed by atoms with Gasteiger partial charge in [-0.25, -0.2) is 0 Å². The molecule has 0 saturated carbocycles. The molecule has 0 aromatic heterocycles. The molecule has 4 rings (SSSR count). The van der Waals surface area contributed by atoms with Gasteiger partial charge in [-0.2, -0.15) is 0 Å². The van der Waals surface area contributed by atoms with Crippen LogP contribution < -0.4 is 14.2 Å². The standard InChI is InChI=1S/2C9H10O3.2C8H8O/c1-6(10)8-4-3-7(12-2)5-9(8)11;1-7(10)12-9-5-3-4-8(6-9)11-2;2*1-7(9)8-5-3-2-4-6-8/h3-5,11H,1-2H3;3-6H,1-2H3;2*2-6H,1H3. The van der Waals surface area contributed by atoms with E-state index in [2.05, 4.69) is 0 Å². The normalized spacial score (nSPS) is 9.19. The molecule has 8 nitrogen and oxygen atoms in total. The summed E-state index contributed by atoms with van der Waals surface area (Å²) in [5.74, 6) is 1.43. The lowest BCUT2D eigenvalue weighted by atomic mass is 10.1. The fraction of sp³-hybridized carbons (Fsp3) is 0.176. The minimum absolute atomic E-state index is 0.0400. The summed E-state index contributed by atoms with van der Waals surface area (Å²) >= 11 is 0. The van der Waals surface area contributed by atoms with Crippen LogP contribution in [-0.2, 0) is 4.79 Å². The Morgan fingerprint density at radius 1 is 0.524 bits per heavy atom. The molecule has 0 fully saturated rings. The van der Waals surface area contributed by atoms with Crippen LogP contribution in [0.25, 0.3) is 0 Å². The van der Waals surface area contributed by atoms with Gasteiger partial charge in [-0.15, -0.1) is 0 Å². The van der Waals surface area contributed by atoms with Crippen molar-refractivity contribution < 1.29 is 38.5 Å². The highest BCUT2D eigenvalue weighted by molar-refractivity contribution is 5.97. The smallest absolute Gasteiger partial charge is 0.308 e. The lowest BCUT2D eigenvalue weighted by Gasteiger charge is -2.02. The van der Waals surface area contributed by atoms with Gasteiger partial charge in [0.25, 0.3) is 0 Å². The van der Waals surface area contributed by atoms with E-state index in [0.717, 1.165) is 11.1 Å². The zero-order valence-corrected chi connectivity index (χ0v) is 24.6. The average molecular weight is 573 g/mol. The Bertz CT molecular complexity index is 1380. The van der Waals surface area contributed by atoms with E-state index < -0.39 is 0 Å². The highest BCUT2D eigenvalue weighted by Gasteiger charge is 2.06. The molecule has 4 aromatic carbocycles. The van der Waals surface area contributed by atoms with Gasteiger partial charge in [-0.3, -0.25) is 19.2 Å². The zero-order chi connectivity index (χ0) is 31.5. The lowest BCUT2D eigenvalue weighted by molar-refractivity contribution is -0.131. The third-order valence-electron chi connectivity index (χ3n) is 5.25. The van der Waals surface area contributed by atoms with Crippen LogP contribution in [0, 0.1) is 0 Å². The number of carbonyl (C=O) groups is 4. The first-order chi connectivity index (χ1) is 20.0. The van der Waals surface area contributed by atoms with Gasteiger partial charge in [0.15, 0.2) is 17.3 Å². The number of ketones is 3. The predicted octanol–water partition coefficient (Wildman–Crippen LogP) is 7.00. The van der Waals surface area contributed by atoms with Crippen molar-refractivity contribution in [2.75, 3.05) is 14.2 Å².